The summed E-state index contributed by atoms with van der Waals surface area (Å²) in [7, 11) is 0. The number of nitrogens with zero attached hydrogens (tertiary/aromatic N) is 1. The lowest BCUT2D eigenvalue weighted by Gasteiger charge is -2.20. The molecule has 6 heteroatoms. The van der Waals surface area contributed by atoms with E-state index >= 15 is 0 Å². The summed E-state index contributed by atoms with van der Waals surface area (Å²) >= 11 is 5.75. The highest BCUT2D eigenvalue weighted by atomic mass is 35.5. The van der Waals surface area contributed by atoms with Gasteiger partial charge in [-0.2, -0.15) is 0 Å². The number of rotatable bonds is 3. The van der Waals surface area contributed by atoms with Crippen molar-refractivity contribution in [2.45, 2.75) is 39.7 Å². The quantitative estimate of drug-likeness (QED) is 0.679. The van der Waals surface area contributed by atoms with E-state index in [1.54, 1.807) is 27.7 Å². The van der Waals surface area contributed by atoms with Crippen LogP contribution in [0.25, 0.3) is 0 Å². The van der Waals surface area contributed by atoms with Crippen LogP contribution >= 0.6 is 11.6 Å². The predicted molar refractivity (Wildman–Crippen MR) is 73.7 cm³/mol. The largest absolute Gasteiger partial charge is 0.444 e. The number of ether oxygens (including phenoxy) is 1. The molecule has 0 radical (unpaired) electrons. The first-order valence-corrected chi connectivity index (χ1v) is 6.29. The Balaban J connectivity index is 2.95. The summed E-state index contributed by atoms with van der Waals surface area (Å²) < 4.78 is 5.12. The second-order valence-electron chi connectivity index (χ2n) is 4.96. The molecule has 0 aliphatic carbocycles. The molecule has 104 valence electrons. The minimum absolute atomic E-state index is 0.129. The van der Waals surface area contributed by atoms with Gasteiger partial charge in [-0.05, 0) is 26.8 Å². The van der Waals surface area contributed by atoms with Crippen LogP contribution in [0.2, 0.25) is 5.15 Å². The molecule has 0 saturated heterocycles. The topological polar surface area (TPSA) is 68.3 Å². The fraction of sp³-hybridized carbons (Fsp3) is 0.462. The van der Waals surface area contributed by atoms with Gasteiger partial charge in [-0.3, -0.25) is 10.1 Å². The van der Waals surface area contributed by atoms with Gasteiger partial charge in [-0.15, -0.1) is 0 Å². The molecule has 0 saturated carbocycles. The van der Waals surface area contributed by atoms with Crippen LogP contribution in [-0.2, 0) is 4.74 Å². The number of hydrogen-bond acceptors (Lipinski definition) is 4. The van der Waals surface area contributed by atoms with E-state index in [4.69, 9.17) is 16.3 Å². The summed E-state index contributed by atoms with van der Waals surface area (Å²) in [5, 5.41) is 2.71. The van der Waals surface area contributed by atoms with Crippen molar-refractivity contribution in [1.82, 2.24) is 4.98 Å². The fourth-order valence-corrected chi connectivity index (χ4v) is 1.52. The maximum absolute atomic E-state index is 11.8. The summed E-state index contributed by atoms with van der Waals surface area (Å²) in [6.45, 7) is 6.99. The number of halogens is 1. The first-order valence-electron chi connectivity index (χ1n) is 5.91. The molecule has 0 spiro atoms. The van der Waals surface area contributed by atoms with Crippen LogP contribution in [-0.4, -0.2) is 22.5 Å². The lowest BCUT2D eigenvalue weighted by molar-refractivity contribution is 0.0636. The van der Waals surface area contributed by atoms with Crippen molar-refractivity contribution in [2.24, 2.45) is 0 Å². The number of Topliss-reactive ketones (excluding diaryl/α,β-unsaturated/α-hetero) is 1. The second-order valence-corrected chi connectivity index (χ2v) is 5.34. The number of ketones is 1. The third-order valence-corrected chi connectivity index (χ3v) is 2.33. The van der Waals surface area contributed by atoms with E-state index in [0.717, 1.165) is 0 Å². The van der Waals surface area contributed by atoms with Crippen molar-refractivity contribution in [3.05, 3.63) is 23.0 Å². The van der Waals surface area contributed by atoms with Crippen LogP contribution in [0.5, 0.6) is 0 Å². The van der Waals surface area contributed by atoms with Gasteiger partial charge in [0.1, 0.15) is 10.8 Å². The van der Waals surface area contributed by atoms with Crippen molar-refractivity contribution in [2.75, 3.05) is 5.32 Å². The van der Waals surface area contributed by atoms with Gasteiger partial charge < -0.3 is 4.74 Å². The van der Waals surface area contributed by atoms with E-state index in [0.29, 0.717) is 17.7 Å². The summed E-state index contributed by atoms with van der Waals surface area (Å²) in [6.07, 6.45) is 1.01. The van der Waals surface area contributed by atoms with E-state index < -0.39 is 11.7 Å². The van der Waals surface area contributed by atoms with E-state index in [1.165, 1.54) is 12.3 Å². The van der Waals surface area contributed by atoms with Gasteiger partial charge in [-0.1, -0.05) is 18.5 Å². The lowest BCUT2D eigenvalue weighted by atomic mass is 10.1. The van der Waals surface area contributed by atoms with E-state index in [9.17, 15) is 9.59 Å². The van der Waals surface area contributed by atoms with E-state index in [2.05, 4.69) is 10.3 Å². The molecule has 1 aromatic heterocycles. The van der Waals surface area contributed by atoms with E-state index in [-0.39, 0.29) is 10.9 Å². The standard InChI is InChI=1S/C13H17ClN2O3/c1-5-10(17)8-6-11(14)15-7-9(8)16-12(18)19-13(2,3)4/h6-7H,5H2,1-4H3,(H,16,18). The van der Waals surface area contributed by atoms with Gasteiger partial charge in [0.25, 0.3) is 0 Å². The average molecular weight is 285 g/mol. The maximum Gasteiger partial charge on any atom is 0.412 e. The molecule has 1 aromatic rings. The molecule has 0 aromatic carbocycles. The molecule has 1 heterocycles. The number of amides is 1. The van der Waals surface area contributed by atoms with Gasteiger partial charge in [0.05, 0.1) is 11.9 Å². The van der Waals surface area contributed by atoms with Crippen LogP contribution < -0.4 is 5.32 Å². The highest BCUT2D eigenvalue weighted by molar-refractivity contribution is 6.30. The number of anilines is 1. The molecule has 19 heavy (non-hydrogen) atoms. The zero-order chi connectivity index (χ0) is 14.6. The third kappa shape index (κ3) is 4.87. The highest BCUT2D eigenvalue weighted by Crippen LogP contribution is 2.20. The highest BCUT2D eigenvalue weighted by Gasteiger charge is 2.19. The monoisotopic (exact) mass is 284 g/mol. The number of carbonyl (C=O) groups is 2. The van der Waals surface area contributed by atoms with Crippen LogP contribution in [0.4, 0.5) is 10.5 Å². The lowest BCUT2D eigenvalue weighted by Crippen LogP contribution is -2.27. The summed E-state index contributed by atoms with van der Waals surface area (Å²) in [5.41, 5.74) is 0.0117. The number of hydrogen-bond donors (Lipinski definition) is 1. The predicted octanol–water partition coefficient (Wildman–Crippen LogP) is 3.67. The first kappa shape index (κ1) is 15.4. The Kier molecular flexibility index (Phi) is 4.89. The molecular formula is C13H17ClN2O3. The second kappa shape index (κ2) is 6.02. The average Bonchev–Trinajstić information content (AvgIpc) is 2.28. The molecule has 0 atom stereocenters. The Bertz CT molecular complexity index is 495. The number of nitrogens with one attached hydrogen (secondary N) is 1. The molecule has 0 bridgehead atoms. The van der Waals surface area contributed by atoms with Gasteiger partial charge in [-0.25, -0.2) is 9.78 Å². The van der Waals surface area contributed by atoms with Gasteiger partial charge in [0.15, 0.2) is 5.78 Å². The van der Waals surface area contributed by atoms with Crippen molar-refractivity contribution < 1.29 is 14.3 Å². The molecule has 0 fully saturated rings. The van der Waals surface area contributed by atoms with Crippen LogP contribution in [0.1, 0.15) is 44.5 Å². The molecule has 0 aliphatic heterocycles. The normalized spacial score (nSPS) is 11.0. The fourth-order valence-electron chi connectivity index (χ4n) is 1.36. The van der Waals surface area contributed by atoms with Gasteiger partial charge in [0, 0.05) is 12.0 Å². The summed E-state index contributed by atoms with van der Waals surface area (Å²) in [5.74, 6) is -0.129. The number of aromatic nitrogens is 1. The number of pyridine rings is 1. The minimum Gasteiger partial charge on any atom is -0.444 e. The minimum atomic E-state index is -0.637. The third-order valence-electron chi connectivity index (χ3n) is 2.13. The first-order chi connectivity index (χ1) is 8.73. The summed E-state index contributed by atoms with van der Waals surface area (Å²) in [6, 6.07) is 1.43. The maximum atomic E-state index is 11.8. The Morgan fingerprint density at radius 3 is 2.58 bits per heavy atom. The van der Waals surface area contributed by atoms with Crippen LogP contribution in [0.15, 0.2) is 12.3 Å². The van der Waals surface area contributed by atoms with Gasteiger partial charge in [0.2, 0.25) is 0 Å². The van der Waals surface area contributed by atoms with Crippen LogP contribution in [0.3, 0.4) is 0 Å². The van der Waals surface area contributed by atoms with Crippen LogP contribution in [0, 0.1) is 0 Å². The van der Waals surface area contributed by atoms with Crippen molar-refractivity contribution in [1.29, 1.82) is 0 Å². The molecular weight excluding hydrogens is 268 g/mol. The summed E-state index contributed by atoms with van der Waals surface area (Å²) in [4.78, 5) is 27.3. The van der Waals surface area contributed by atoms with Crippen molar-refractivity contribution in [3.63, 3.8) is 0 Å². The molecule has 0 unspecified atom stereocenters. The van der Waals surface area contributed by atoms with Crippen molar-refractivity contribution in [3.8, 4) is 0 Å². The zero-order valence-corrected chi connectivity index (χ0v) is 12.2. The molecule has 1 N–H and O–H groups in total. The molecule has 5 nitrogen and oxygen atoms in total. The number of carbonyl (C=O) groups excluding carboxylic acids is 2. The van der Waals surface area contributed by atoms with E-state index in [1.807, 2.05) is 0 Å². The molecule has 0 aliphatic rings. The Morgan fingerprint density at radius 2 is 2.05 bits per heavy atom. The Morgan fingerprint density at radius 1 is 1.42 bits per heavy atom. The molecule has 1 amide bonds. The molecule has 1 rings (SSSR count). The Labute approximate surface area is 117 Å². The van der Waals surface area contributed by atoms with Gasteiger partial charge >= 0.3 is 6.09 Å². The smallest absolute Gasteiger partial charge is 0.412 e. The Hall–Kier alpha value is -1.62. The zero-order valence-electron chi connectivity index (χ0n) is 11.4. The van der Waals surface area contributed by atoms with Crippen molar-refractivity contribution >= 4 is 29.2 Å². The SMILES string of the molecule is CCC(=O)c1cc(Cl)ncc1NC(=O)OC(C)(C)C.